The molecule has 0 unspecified atom stereocenters. The van der Waals surface area contributed by atoms with Crippen LogP contribution in [0, 0.1) is 5.41 Å². The van der Waals surface area contributed by atoms with Gasteiger partial charge in [-0.15, -0.1) is 11.8 Å². The smallest absolute Gasteiger partial charge is 0.106 e. The lowest BCUT2D eigenvalue weighted by Gasteiger charge is -2.18. The molecular weight excluding hydrogens is 240 g/mol. The van der Waals surface area contributed by atoms with Gasteiger partial charge >= 0.3 is 0 Å². The van der Waals surface area contributed by atoms with Gasteiger partial charge in [0, 0.05) is 18.0 Å². The van der Waals surface area contributed by atoms with Gasteiger partial charge in [0.2, 0.25) is 0 Å². The number of thioether (sulfide) groups is 1. The number of hydrogen-bond acceptors (Lipinski definition) is 2. The van der Waals surface area contributed by atoms with Crippen molar-refractivity contribution >= 4 is 29.2 Å². The van der Waals surface area contributed by atoms with Crippen LogP contribution in [0.2, 0.25) is 5.02 Å². The average molecular weight is 255 g/mol. The van der Waals surface area contributed by atoms with Crippen molar-refractivity contribution < 1.29 is 0 Å². The van der Waals surface area contributed by atoms with Crippen LogP contribution in [0.5, 0.6) is 0 Å². The number of nitrogens with zero attached hydrogens (tertiary/aromatic N) is 1. The minimum atomic E-state index is 0.712. The first kappa shape index (κ1) is 11.8. The summed E-state index contributed by atoms with van der Waals surface area (Å²) in [5.41, 5.74) is 0. The molecule has 16 heavy (non-hydrogen) atoms. The number of benzene rings is 1. The fourth-order valence-corrected chi connectivity index (χ4v) is 2.94. The molecule has 0 aliphatic carbocycles. The molecule has 2 rings (SSSR count). The highest BCUT2D eigenvalue weighted by Crippen LogP contribution is 2.27. The summed E-state index contributed by atoms with van der Waals surface area (Å²) >= 11 is 7.71. The van der Waals surface area contributed by atoms with Gasteiger partial charge in [-0.05, 0) is 25.0 Å². The maximum absolute atomic E-state index is 7.97. The van der Waals surface area contributed by atoms with Crippen molar-refractivity contribution in [1.29, 1.82) is 5.41 Å². The fourth-order valence-electron chi connectivity index (χ4n) is 1.79. The Kier molecular flexibility index (Phi) is 4.13. The van der Waals surface area contributed by atoms with Gasteiger partial charge in [0.15, 0.2) is 0 Å². The molecule has 0 bridgehead atoms. The number of halogens is 1. The molecule has 0 amide bonds. The van der Waals surface area contributed by atoms with Gasteiger partial charge in [-0.3, -0.25) is 5.41 Å². The highest BCUT2D eigenvalue weighted by Gasteiger charge is 2.14. The summed E-state index contributed by atoms with van der Waals surface area (Å²) in [5.74, 6) is 1.44. The summed E-state index contributed by atoms with van der Waals surface area (Å²) < 4.78 is 0. The second-order valence-electron chi connectivity index (χ2n) is 3.86. The van der Waals surface area contributed by atoms with E-state index in [0.717, 1.165) is 28.8 Å². The Morgan fingerprint density at radius 1 is 1.31 bits per heavy atom. The average Bonchev–Trinajstić information content (AvgIpc) is 2.81. The lowest BCUT2D eigenvalue weighted by molar-refractivity contribution is 0.514. The first-order valence-electron chi connectivity index (χ1n) is 5.47. The fraction of sp³-hybridized carbons (Fsp3) is 0.417. The molecule has 0 spiro atoms. The van der Waals surface area contributed by atoms with Crippen molar-refractivity contribution in [1.82, 2.24) is 4.90 Å². The number of rotatable bonds is 3. The molecule has 4 heteroatoms. The largest absolute Gasteiger partial charge is 0.360 e. The summed E-state index contributed by atoms with van der Waals surface area (Å²) in [4.78, 5) is 3.22. The molecule has 0 radical (unpaired) electrons. The van der Waals surface area contributed by atoms with E-state index in [1.54, 1.807) is 11.8 Å². The highest BCUT2D eigenvalue weighted by atomic mass is 35.5. The summed E-state index contributed by atoms with van der Waals surface area (Å²) in [6.45, 7) is 2.09. The maximum atomic E-state index is 7.97. The molecule has 0 saturated carbocycles. The molecule has 1 fully saturated rings. The summed E-state index contributed by atoms with van der Waals surface area (Å²) in [5, 5.41) is 8.75. The SMILES string of the molecule is N=C(CSc1ccccc1Cl)N1CCCC1. The lowest BCUT2D eigenvalue weighted by atomic mass is 10.4. The monoisotopic (exact) mass is 254 g/mol. The first-order valence-corrected chi connectivity index (χ1v) is 6.83. The topological polar surface area (TPSA) is 27.1 Å². The Hall–Kier alpha value is -0.670. The van der Waals surface area contributed by atoms with Crippen LogP contribution in [0.4, 0.5) is 0 Å². The van der Waals surface area contributed by atoms with Crippen molar-refractivity contribution in [3.8, 4) is 0 Å². The quantitative estimate of drug-likeness (QED) is 0.508. The Morgan fingerprint density at radius 3 is 2.69 bits per heavy atom. The molecule has 1 aliphatic heterocycles. The Bertz CT molecular complexity index is 375. The van der Waals surface area contributed by atoms with E-state index < -0.39 is 0 Å². The van der Waals surface area contributed by atoms with Gasteiger partial charge in [0.1, 0.15) is 5.84 Å². The van der Waals surface area contributed by atoms with Crippen LogP contribution in [-0.2, 0) is 0 Å². The van der Waals surface area contributed by atoms with Crippen molar-refractivity contribution in [3.05, 3.63) is 29.3 Å². The van der Waals surface area contributed by atoms with Gasteiger partial charge in [0.05, 0.1) is 10.8 Å². The van der Waals surface area contributed by atoms with Gasteiger partial charge in [-0.1, -0.05) is 23.7 Å². The molecule has 1 aromatic rings. The summed E-state index contributed by atoms with van der Waals surface area (Å²) in [6, 6.07) is 7.81. The number of amidine groups is 1. The summed E-state index contributed by atoms with van der Waals surface area (Å²) in [7, 11) is 0. The third kappa shape index (κ3) is 2.92. The Morgan fingerprint density at radius 2 is 2.00 bits per heavy atom. The minimum Gasteiger partial charge on any atom is -0.360 e. The van der Waals surface area contributed by atoms with E-state index in [1.807, 2.05) is 24.3 Å². The zero-order valence-electron chi connectivity index (χ0n) is 9.08. The third-order valence-electron chi connectivity index (χ3n) is 2.69. The first-order chi connectivity index (χ1) is 7.77. The number of hydrogen-bond donors (Lipinski definition) is 1. The maximum Gasteiger partial charge on any atom is 0.106 e. The van der Waals surface area contributed by atoms with E-state index in [0.29, 0.717) is 5.75 Å². The molecule has 86 valence electrons. The third-order valence-corrected chi connectivity index (χ3v) is 4.22. The lowest BCUT2D eigenvalue weighted by Crippen LogP contribution is -2.28. The predicted molar refractivity (Wildman–Crippen MR) is 70.7 cm³/mol. The number of likely N-dealkylation sites (tertiary alicyclic amines) is 1. The second kappa shape index (κ2) is 5.60. The minimum absolute atomic E-state index is 0.712. The van der Waals surface area contributed by atoms with Crippen LogP contribution < -0.4 is 0 Å². The van der Waals surface area contributed by atoms with E-state index in [4.69, 9.17) is 17.0 Å². The van der Waals surface area contributed by atoms with Gasteiger partial charge < -0.3 is 4.90 Å². The molecular formula is C12H15ClN2S. The van der Waals surface area contributed by atoms with Crippen LogP contribution in [0.15, 0.2) is 29.2 Å². The van der Waals surface area contributed by atoms with Gasteiger partial charge in [-0.2, -0.15) is 0 Å². The van der Waals surface area contributed by atoms with Crippen molar-refractivity contribution in [2.45, 2.75) is 17.7 Å². The van der Waals surface area contributed by atoms with Gasteiger partial charge in [0.25, 0.3) is 0 Å². The molecule has 1 saturated heterocycles. The van der Waals surface area contributed by atoms with Crippen molar-refractivity contribution in [2.24, 2.45) is 0 Å². The summed E-state index contributed by atoms with van der Waals surface area (Å²) in [6.07, 6.45) is 2.44. The molecule has 0 atom stereocenters. The molecule has 1 heterocycles. The highest BCUT2D eigenvalue weighted by molar-refractivity contribution is 8.00. The molecule has 0 aromatic heterocycles. The Labute approximate surface area is 105 Å². The molecule has 2 nitrogen and oxygen atoms in total. The van der Waals surface area contributed by atoms with Crippen molar-refractivity contribution in [3.63, 3.8) is 0 Å². The predicted octanol–water partition coefficient (Wildman–Crippen LogP) is 3.51. The van der Waals surface area contributed by atoms with Crippen LogP contribution in [0.3, 0.4) is 0 Å². The molecule has 1 aliphatic rings. The van der Waals surface area contributed by atoms with Crippen LogP contribution in [0.1, 0.15) is 12.8 Å². The Balaban J connectivity index is 1.87. The van der Waals surface area contributed by atoms with Crippen LogP contribution in [-0.4, -0.2) is 29.6 Å². The molecule has 1 N–H and O–H groups in total. The van der Waals surface area contributed by atoms with Crippen LogP contribution >= 0.6 is 23.4 Å². The normalized spacial score (nSPS) is 15.4. The van der Waals surface area contributed by atoms with E-state index in [2.05, 4.69) is 4.90 Å². The second-order valence-corrected chi connectivity index (χ2v) is 5.28. The number of nitrogens with one attached hydrogen (secondary N) is 1. The van der Waals surface area contributed by atoms with E-state index >= 15 is 0 Å². The van der Waals surface area contributed by atoms with E-state index in [-0.39, 0.29) is 0 Å². The zero-order valence-corrected chi connectivity index (χ0v) is 10.7. The van der Waals surface area contributed by atoms with Crippen LogP contribution in [0.25, 0.3) is 0 Å². The standard InChI is InChI=1S/C12H15ClN2S/c13-10-5-1-2-6-11(10)16-9-12(14)15-7-3-4-8-15/h1-2,5-6,14H,3-4,7-9H2. The van der Waals surface area contributed by atoms with Crippen molar-refractivity contribution in [2.75, 3.05) is 18.8 Å². The van der Waals surface area contributed by atoms with Gasteiger partial charge in [-0.25, -0.2) is 0 Å². The van der Waals surface area contributed by atoms with E-state index in [9.17, 15) is 0 Å². The zero-order chi connectivity index (χ0) is 11.4. The molecule has 1 aromatic carbocycles. The van der Waals surface area contributed by atoms with E-state index in [1.165, 1.54) is 12.8 Å².